The van der Waals surface area contributed by atoms with Gasteiger partial charge in [0.05, 0.1) is 6.54 Å². The number of hydrogen-bond donors (Lipinski definition) is 0. The highest BCUT2D eigenvalue weighted by molar-refractivity contribution is 6.31. The monoisotopic (exact) mass is 317 g/mol. The van der Waals surface area contributed by atoms with Crippen molar-refractivity contribution in [2.45, 2.75) is 50.6 Å². The third-order valence-electron chi connectivity index (χ3n) is 4.67. The molecule has 2 aliphatic rings. The van der Waals surface area contributed by atoms with Gasteiger partial charge in [0.2, 0.25) is 5.89 Å². The van der Waals surface area contributed by atoms with E-state index in [1.165, 1.54) is 31.2 Å². The molecular formula is C17H20ClN3O. The van der Waals surface area contributed by atoms with Crippen LogP contribution in [-0.4, -0.2) is 27.6 Å². The first-order chi connectivity index (χ1) is 10.8. The summed E-state index contributed by atoms with van der Waals surface area (Å²) in [5.74, 6) is 2.18. The van der Waals surface area contributed by atoms with Crippen molar-refractivity contribution in [3.05, 3.63) is 46.6 Å². The summed E-state index contributed by atoms with van der Waals surface area (Å²) < 4.78 is 5.36. The molecule has 0 amide bonds. The molecule has 1 aromatic heterocycles. The lowest BCUT2D eigenvalue weighted by Gasteiger charge is -2.23. The summed E-state index contributed by atoms with van der Waals surface area (Å²) in [5, 5.41) is 5.01. The van der Waals surface area contributed by atoms with Crippen molar-refractivity contribution in [1.82, 2.24) is 15.0 Å². The number of halogens is 1. The minimum absolute atomic E-state index is 0.516. The normalized spacial score (nSPS) is 22.3. The van der Waals surface area contributed by atoms with E-state index in [0.29, 0.717) is 12.0 Å². The highest BCUT2D eigenvalue weighted by Gasteiger charge is 2.31. The average Bonchev–Trinajstić information content (AvgIpc) is 3.12. The average molecular weight is 318 g/mol. The van der Waals surface area contributed by atoms with E-state index < -0.39 is 0 Å². The molecule has 2 aromatic rings. The van der Waals surface area contributed by atoms with Crippen LogP contribution >= 0.6 is 11.6 Å². The highest BCUT2D eigenvalue weighted by atomic mass is 35.5. The lowest BCUT2D eigenvalue weighted by Crippen LogP contribution is -2.31. The van der Waals surface area contributed by atoms with Gasteiger partial charge in [0.25, 0.3) is 0 Å². The van der Waals surface area contributed by atoms with E-state index in [4.69, 9.17) is 16.1 Å². The van der Waals surface area contributed by atoms with Gasteiger partial charge in [0, 0.05) is 17.0 Å². The van der Waals surface area contributed by atoms with Crippen LogP contribution in [0.5, 0.6) is 0 Å². The van der Waals surface area contributed by atoms with Crippen molar-refractivity contribution >= 4 is 11.6 Å². The van der Waals surface area contributed by atoms with Gasteiger partial charge < -0.3 is 4.52 Å². The summed E-state index contributed by atoms with van der Waals surface area (Å²) in [6.07, 6.45) is 5.81. The van der Waals surface area contributed by atoms with Crippen molar-refractivity contribution in [2.24, 2.45) is 0 Å². The molecule has 4 rings (SSSR count). The molecule has 1 aromatic carbocycles. The lowest BCUT2D eigenvalue weighted by molar-refractivity contribution is 0.234. The molecule has 0 bridgehead atoms. The van der Waals surface area contributed by atoms with Gasteiger partial charge in [-0.3, -0.25) is 4.90 Å². The van der Waals surface area contributed by atoms with E-state index in [-0.39, 0.29) is 0 Å². The summed E-state index contributed by atoms with van der Waals surface area (Å²) in [7, 11) is 0. The standard InChI is InChI=1S/C17H20ClN3O/c18-15-6-2-1-4-13(15)10-14-5-3-9-21(14)11-16-19-17(22-20-16)12-7-8-12/h1-2,4,6,12,14H,3,5,7-11H2/t14-/m0/s1. The van der Waals surface area contributed by atoms with Crippen molar-refractivity contribution in [3.8, 4) is 0 Å². The molecule has 0 spiro atoms. The fourth-order valence-corrected chi connectivity index (χ4v) is 3.47. The Labute approximate surface area is 135 Å². The molecule has 22 heavy (non-hydrogen) atoms. The Morgan fingerprint density at radius 2 is 2.09 bits per heavy atom. The molecule has 1 aliphatic heterocycles. The number of benzene rings is 1. The molecule has 5 heteroatoms. The smallest absolute Gasteiger partial charge is 0.229 e. The Bertz CT molecular complexity index is 653. The van der Waals surface area contributed by atoms with Crippen LogP contribution in [0.15, 0.2) is 28.8 Å². The van der Waals surface area contributed by atoms with Crippen molar-refractivity contribution < 1.29 is 4.52 Å². The second-order valence-electron chi connectivity index (χ2n) is 6.39. The van der Waals surface area contributed by atoms with Crippen LogP contribution in [0.4, 0.5) is 0 Å². The van der Waals surface area contributed by atoms with Gasteiger partial charge in [-0.1, -0.05) is 35.0 Å². The molecule has 1 atom stereocenters. The van der Waals surface area contributed by atoms with Gasteiger partial charge in [0.15, 0.2) is 5.82 Å². The maximum absolute atomic E-state index is 6.30. The summed E-state index contributed by atoms with van der Waals surface area (Å²) >= 11 is 6.30. The zero-order chi connectivity index (χ0) is 14.9. The molecule has 1 aliphatic carbocycles. The molecule has 0 unspecified atom stereocenters. The first-order valence-electron chi connectivity index (χ1n) is 8.09. The highest BCUT2D eigenvalue weighted by Crippen LogP contribution is 2.39. The van der Waals surface area contributed by atoms with E-state index in [1.807, 2.05) is 12.1 Å². The molecule has 1 saturated carbocycles. The van der Waals surface area contributed by atoms with Crippen LogP contribution in [-0.2, 0) is 13.0 Å². The largest absolute Gasteiger partial charge is 0.339 e. The van der Waals surface area contributed by atoms with Crippen LogP contribution in [0.3, 0.4) is 0 Å². The van der Waals surface area contributed by atoms with E-state index in [0.717, 1.165) is 36.2 Å². The van der Waals surface area contributed by atoms with Gasteiger partial charge in [-0.2, -0.15) is 4.98 Å². The fraction of sp³-hybridized carbons (Fsp3) is 0.529. The quantitative estimate of drug-likeness (QED) is 0.841. The topological polar surface area (TPSA) is 42.2 Å². The molecule has 1 saturated heterocycles. The third-order valence-corrected chi connectivity index (χ3v) is 5.04. The lowest BCUT2D eigenvalue weighted by atomic mass is 10.0. The Hall–Kier alpha value is -1.39. The second-order valence-corrected chi connectivity index (χ2v) is 6.79. The molecular weight excluding hydrogens is 298 g/mol. The number of rotatable bonds is 5. The van der Waals surface area contributed by atoms with Crippen molar-refractivity contribution in [1.29, 1.82) is 0 Å². The zero-order valence-corrected chi connectivity index (χ0v) is 13.3. The predicted molar refractivity (Wildman–Crippen MR) is 84.9 cm³/mol. The van der Waals surface area contributed by atoms with Gasteiger partial charge in [-0.25, -0.2) is 0 Å². The summed E-state index contributed by atoms with van der Waals surface area (Å²) in [4.78, 5) is 7.01. The number of aromatic nitrogens is 2. The fourth-order valence-electron chi connectivity index (χ4n) is 3.26. The summed E-state index contributed by atoms with van der Waals surface area (Å²) in [6, 6.07) is 8.65. The molecule has 2 fully saturated rings. The van der Waals surface area contributed by atoms with E-state index in [9.17, 15) is 0 Å². The minimum atomic E-state index is 0.516. The first-order valence-corrected chi connectivity index (χ1v) is 8.47. The molecule has 0 N–H and O–H groups in total. The first kappa shape index (κ1) is 14.2. The second kappa shape index (κ2) is 6.01. The van der Waals surface area contributed by atoms with Crippen LogP contribution in [0.25, 0.3) is 0 Å². The Balaban J connectivity index is 1.43. The minimum Gasteiger partial charge on any atom is -0.339 e. The number of likely N-dealkylation sites (tertiary alicyclic amines) is 1. The summed E-state index contributed by atoms with van der Waals surface area (Å²) in [5.41, 5.74) is 1.23. The van der Waals surface area contributed by atoms with Crippen LogP contribution in [0, 0.1) is 0 Å². The number of hydrogen-bond acceptors (Lipinski definition) is 4. The SMILES string of the molecule is Clc1ccccc1C[C@@H]1CCCN1Cc1noc(C2CC2)n1. The van der Waals surface area contributed by atoms with Gasteiger partial charge >= 0.3 is 0 Å². The maximum atomic E-state index is 6.30. The molecule has 4 nitrogen and oxygen atoms in total. The number of nitrogens with zero attached hydrogens (tertiary/aromatic N) is 3. The Morgan fingerprint density at radius 1 is 1.23 bits per heavy atom. The van der Waals surface area contributed by atoms with Gasteiger partial charge in [-0.05, 0) is 50.3 Å². The van der Waals surface area contributed by atoms with Crippen LogP contribution < -0.4 is 0 Å². The van der Waals surface area contributed by atoms with Crippen molar-refractivity contribution in [3.63, 3.8) is 0 Å². The van der Waals surface area contributed by atoms with Crippen LogP contribution in [0.2, 0.25) is 5.02 Å². The molecule has 2 heterocycles. The molecule has 116 valence electrons. The Kier molecular flexibility index (Phi) is 3.89. The van der Waals surface area contributed by atoms with E-state index in [1.54, 1.807) is 0 Å². The Morgan fingerprint density at radius 3 is 2.91 bits per heavy atom. The van der Waals surface area contributed by atoms with Gasteiger partial charge in [0.1, 0.15) is 0 Å². The van der Waals surface area contributed by atoms with E-state index >= 15 is 0 Å². The predicted octanol–water partition coefficient (Wildman–Crippen LogP) is 3.81. The molecule has 0 radical (unpaired) electrons. The maximum Gasteiger partial charge on any atom is 0.229 e. The zero-order valence-electron chi connectivity index (χ0n) is 12.5. The third kappa shape index (κ3) is 3.03. The van der Waals surface area contributed by atoms with Crippen LogP contribution in [0.1, 0.15) is 48.9 Å². The van der Waals surface area contributed by atoms with Gasteiger partial charge in [-0.15, -0.1) is 0 Å². The summed E-state index contributed by atoms with van der Waals surface area (Å²) in [6.45, 7) is 1.88. The van der Waals surface area contributed by atoms with Crippen molar-refractivity contribution in [2.75, 3.05) is 6.54 Å². The van der Waals surface area contributed by atoms with E-state index in [2.05, 4.69) is 27.2 Å².